The summed E-state index contributed by atoms with van der Waals surface area (Å²) in [7, 11) is 0. The molecule has 0 unspecified atom stereocenters. The Labute approximate surface area is 116 Å². The third-order valence-corrected chi connectivity index (χ3v) is 3.67. The number of carbonyl (C=O) groups excluding carboxylic acids is 1. The van der Waals surface area contributed by atoms with E-state index in [9.17, 15) is 4.79 Å². The summed E-state index contributed by atoms with van der Waals surface area (Å²) >= 11 is 3.44. The molecule has 0 aliphatic carbocycles. The Hall–Kier alpha value is -0.810. The smallest absolute Gasteiger partial charge is 0.268 e. The minimum Gasteiger partial charge on any atom is -0.348 e. The van der Waals surface area contributed by atoms with Gasteiger partial charge in [0.05, 0.1) is 0 Å². The van der Waals surface area contributed by atoms with Gasteiger partial charge in [0.15, 0.2) is 0 Å². The highest BCUT2D eigenvalue weighted by molar-refractivity contribution is 9.10. The largest absolute Gasteiger partial charge is 0.348 e. The van der Waals surface area contributed by atoms with Crippen molar-refractivity contribution in [3.63, 3.8) is 0 Å². The van der Waals surface area contributed by atoms with Crippen molar-refractivity contribution >= 4 is 21.8 Å². The van der Waals surface area contributed by atoms with Crippen LogP contribution >= 0.6 is 15.9 Å². The lowest BCUT2D eigenvalue weighted by Gasteiger charge is -2.23. The average Bonchev–Trinajstić information content (AvgIpc) is 2.72. The number of amides is 1. The normalized spacial score (nSPS) is 16.8. The first-order chi connectivity index (χ1) is 8.70. The molecule has 0 saturated carbocycles. The zero-order chi connectivity index (χ0) is 13.0. The topological polar surface area (TPSA) is 46.1 Å². The van der Waals surface area contributed by atoms with Gasteiger partial charge in [-0.2, -0.15) is 0 Å². The Balaban J connectivity index is 2.03. The van der Waals surface area contributed by atoms with Gasteiger partial charge in [-0.25, -0.2) is 0 Å². The number of piperidine rings is 1. The van der Waals surface area contributed by atoms with E-state index in [-0.39, 0.29) is 5.91 Å². The van der Waals surface area contributed by atoms with Crippen molar-refractivity contribution in [1.29, 1.82) is 0 Å². The maximum absolute atomic E-state index is 12.2. The van der Waals surface area contributed by atoms with Crippen LogP contribution < -0.4 is 10.6 Å². The minimum absolute atomic E-state index is 0.0426. The van der Waals surface area contributed by atoms with Crippen molar-refractivity contribution in [3.8, 4) is 0 Å². The van der Waals surface area contributed by atoms with Crippen molar-refractivity contribution in [3.05, 3.63) is 22.4 Å². The molecule has 2 heterocycles. The van der Waals surface area contributed by atoms with Gasteiger partial charge in [-0.15, -0.1) is 0 Å². The van der Waals surface area contributed by atoms with Crippen molar-refractivity contribution in [2.45, 2.75) is 38.8 Å². The highest BCUT2D eigenvalue weighted by Gasteiger charge is 2.18. The number of carbonyl (C=O) groups is 1. The molecule has 0 radical (unpaired) electrons. The fourth-order valence-corrected chi connectivity index (χ4v) is 2.78. The molecule has 1 aliphatic rings. The predicted molar refractivity (Wildman–Crippen MR) is 75.8 cm³/mol. The molecule has 1 aromatic rings. The third kappa shape index (κ3) is 3.36. The van der Waals surface area contributed by atoms with E-state index in [4.69, 9.17) is 0 Å². The summed E-state index contributed by atoms with van der Waals surface area (Å²) in [5.74, 6) is 0.0426. The molecule has 2 N–H and O–H groups in total. The molecule has 1 saturated heterocycles. The zero-order valence-corrected chi connectivity index (χ0v) is 12.3. The van der Waals surface area contributed by atoms with Crippen LogP contribution in [0.3, 0.4) is 0 Å². The lowest BCUT2D eigenvalue weighted by Crippen LogP contribution is -2.43. The van der Waals surface area contributed by atoms with Gasteiger partial charge < -0.3 is 15.2 Å². The summed E-state index contributed by atoms with van der Waals surface area (Å²) in [5.41, 5.74) is 0.752. The van der Waals surface area contributed by atoms with Gasteiger partial charge in [0.25, 0.3) is 5.91 Å². The third-order valence-electron chi connectivity index (χ3n) is 3.23. The number of aryl methyl sites for hydroxylation is 1. The minimum atomic E-state index is 0.0426. The van der Waals surface area contributed by atoms with E-state index in [0.29, 0.717) is 6.04 Å². The fourth-order valence-electron chi connectivity index (χ4n) is 2.32. The molecule has 4 nitrogen and oxygen atoms in total. The molecular weight excluding hydrogens is 294 g/mol. The van der Waals surface area contributed by atoms with E-state index in [1.807, 2.05) is 16.8 Å². The summed E-state index contributed by atoms with van der Waals surface area (Å²) in [5, 5.41) is 6.43. The molecule has 1 fully saturated rings. The number of halogens is 1. The average molecular weight is 314 g/mol. The molecule has 0 bridgehead atoms. The highest BCUT2D eigenvalue weighted by Crippen LogP contribution is 2.16. The standard InChI is InChI=1S/C13H20BrN3O/c1-2-7-17-9-10(14)8-12(17)13(18)16-11-3-5-15-6-4-11/h8-9,11,15H,2-7H2,1H3,(H,16,18). The predicted octanol–water partition coefficient (Wildman–Crippen LogP) is 2.14. The van der Waals surface area contributed by atoms with E-state index in [0.717, 1.165) is 49.1 Å². The first-order valence-electron chi connectivity index (χ1n) is 6.58. The number of rotatable bonds is 4. The zero-order valence-electron chi connectivity index (χ0n) is 10.7. The maximum Gasteiger partial charge on any atom is 0.268 e. The van der Waals surface area contributed by atoms with Gasteiger partial charge in [0.2, 0.25) is 0 Å². The summed E-state index contributed by atoms with van der Waals surface area (Å²) < 4.78 is 2.98. The summed E-state index contributed by atoms with van der Waals surface area (Å²) in [6.45, 7) is 4.97. The Morgan fingerprint density at radius 3 is 2.94 bits per heavy atom. The van der Waals surface area contributed by atoms with E-state index in [2.05, 4.69) is 33.5 Å². The van der Waals surface area contributed by atoms with E-state index in [1.54, 1.807) is 0 Å². The molecule has 0 aromatic carbocycles. The monoisotopic (exact) mass is 313 g/mol. The Morgan fingerprint density at radius 1 is 1.56 bits per heavy atom. The van der Waals surface area contributed by atoms with E-state index < -0.39 is 0 Å². The summed E-state index contributed by atoms with van der Waals surface area (Å²) in [6, 6.07) is 2.20. The summed E-state index contributed by atoms with van der Waals surface area (Å²) in [4.78, 5) is 12.2. The second-order valence-corrected chi connectivity index (χ2v) is 5.65. The van der Waals surface area contributed by atoms with Crippen LogP contribution in [0.25, 0.3) is 0 Å². The fraction of sp³-hybridized carbons (Fsp3) is 0.615. The van der Waals surface area contributed by atoms with E-state index in [1.165, 1.54) is 0 Å². The Bertz CT molecular complexity index is 410. The number of hydrogen-bond donors (Lipinski definition) is 2. The molecule has 18 heavy (non-hydrogen) atoms. The lowest BCUT2D eigenvalue weighted by molar-refractivity contribution is 0.0920. The van der Waals surface area contributed by atoms with Crippen LogP contribution in [0.2, 0.25) is 0 Å². The van der Waals surface area contributed by atoms with Crippen LogP contribution in [0.15, 0.2) is 16.7 Å². The molecular formula is C13H20BrN3O. The number of nitrogens with one attached hydrogen (secondary N) is 2. The molecule has 1 amide bonds. The first kappa shape index (κ1) is 13.6. The van der Waals surface area contributed by atoms with Crippen LogP contribution in [0.5, 0.6) is 0 Å². The number of aromatic nitrogens is 1. The number of hydrogen-bond acceptors (Lipinski definition) is 2. The quantitative estimate of drug-likeness (QED) is 0.894. The second kappa shape index (κ2) is 6.38. The van der Waals surface area contributed by atoms with E-state index >= 15 is 0 Å². The van der Waals surface area contributed by atoms with Gasteiger partial charge in [0, 0.05) is 23.3 Å². The van der Waals surface area contributed by atoms with Gasteiger partial charge in [-0.05, 0) is 54.3 Å². The number of nitrogens with zero attached hydrogens (tertiary/aromatic N) is 1. The molecule has 0 spiro atoms. The second-order valence-electron chi connectivity index (χ2n) is 4.73. The van der Waals surface area contributed by atoms with Crippen LogP contribution in [-0.2, 0) is 6.54 Å². The van der Waals surface area contributed by atoms with Crippen molar-refractivity contribution < 1.29 is 4.79 Å². The molecule has 1 aromatic heterocycles. The van der Waals surface area contributed by atoms with Gasteiger partial charge in [-0.1, -0.05) is 6.92 Å². The molecule has 100 valence electrons. The molecule has 1 aliphatic heterocycles. The van der Waals surface area contributed by atoms with Crippen LogP contribution in [0.1, 0.15) is 36.7 Å². The van der Waals surface area contributed by atoms with Gasteiger partial charge >= 0.3 is 0 Å². The first-order valence-corrected chi connectivity index (χ1v) is 7.37. The maximum atomic E-state index is 12.2. The summed E-state index contributed by atoms with van der Waals surface area (Å²) in [6.07, 6.45) is 5.03. The van der Waals surface area contributed by atoms with Crippen LogP contribution in [0.4, 0.5) is 0 Å². The molecule has 5 heteroatoms. The Kier molecular flexibility index (Phi) is 4.83. The van der Waals surface area contributed by atoms with Crippen molar-refractivity contribution in [2.75, 3.05) is 13.1 Å². The molecule has 0 atom stereocenters. The van der Waals surface area contributed by atoms with Crippen LogP contribution in [0, 0.1) is 0 Å². The van der Waals surface area contributed by atoms with Crippen LogP contribution in [-0.4, -0.2) is 29.6 Å². The Morgan fingerprint density at radius 2 is 2.28 bits per heavy atom. The van der Waals surface area contributed by atoms with Gasteiger partial charge in [-0.3, -0.25) is 4.79 Å². The highest BCUT2D eigenvalue weighted by atomic mass is 79.9. The van der Waals surface area contributed by atoms with Crippen molar-refractivity contribution in [1.82, 2.24) is 15.2 Å². The van der Waals surface area contributed by atoms with Gasteiger partial charge in [0.1, 0.15) is 5.69 Å². The molecule has 2 rings (SSSR count). The van der Waals surface area contributed by atoms with Crippen molar-refractivity contribution in [2.24, 2.45) is 0 Å². The SMILES string of the molecule is CCCn1cc(Br)cc1C(=O)NC1CCNCC1. The lowest BCUT2D eigenvalue weighted by atomic mass is 10.1.